The maximum atomic E-state index is 12.8. The van der Waals surface area contributed by atoms with E-state index < -0.39 is 9.84 Å². The second kappa shape index (κ2) is 7.97. The van der Waals surface area contributed by atoms with Gasteiger partial charge in [0.1, 0.15) is 11.5 Å². The van der Waals surface area contributed by atoms with Crippen molar-refractivity contribution in [1.29, 1.82) is 0 Å². The standard InChI is InChI=1S/C22H27N5O3S/c1-15-22(28)26(3)19-8-9-20(23-16-6-5-7-18(14-16)31(4,29)30)24-21(19)27(15)17-10-12-25(2)13-11-17/h5-9,14,17H,1,10-13H2,2-4H3,(H,23,24). The number of likely N-dealkylation sites (tertiary alicyclic amines) is 1. The molecule has 0 aliphatic carbocycles. The average Bonchev–Trinajstić information content (AvgIpc) is 2.73. The first-order chi connectivity index (χ1) is 14.6. The molecule has 2 aliphatic rings. The number of carbonyl (C=O) groups excluding carboxylic acids is 1. The Hall–Kier alpha value is -2.91. The van der Waals surface area contributed by atoms with Crippen molar-refractivity contribution in [3.05, 3.63) is 48.7 Å². The zero-order chi connectivity index (χ0) is 22.3. The van der Waals surface area contributed by atoms with Crippen LogP contribution in [0, 0.1) is 0 Å². The van der Waals surface area contributed by atoms with Gasteiger partial charge in [-0.1, -0.05) is 12.6 Å². The Bertz CT molecular complexity index is 1140. The number of sulfone groups is 1. The summed E-state index contributed by atoms with van der Waals surface area (Å²) in [5, 5.41) is 3.19. The van der Waals surface area contributed by atoms with Crippen molar-refractivity contribution in [2.75, 3.05) is 48.6 Å². The van der Waals surface area contributed by atoms with Crippen molar-refractivity contribution in [2.24, 2.45) is 0 Å². The molecule has 4 rings (SSSR count). The van der Waals surface area contributed by atoms with Crippen molar-refractivity contribution >= 4 is 38.8 Å². The third kappa shape index (κ3) is 4.15. The van der Waals surface area contributed by atoms with Crippen LogP contribution in [0.4, 0.5) is 23.0 Å². The van der Waals surface area contributed by atoms with E-state index in [4.69, 9.17) is 4.98 Å². The maximum absolute atomic E-state index is 12.8. The van der Waals surface area contributed by atoms with E-state index in [1.807, 2.05) is 11.0 Å². The van der Waals surface area contributed by atoms with Crippen LogP contribution in [0.5, 0.6) is 0 Å². The summed E-state index contributed by atoms with van der Waals surface area (Å²) in [7, 11) is 0.512. The van der Waals surface area contributed by atoms with Gasteiger partial charge in [0.05, 0.1) is 10.6 Å². The minimum absolute atomic E-state index is 0.130. The number of carbonyl (C=O) groups is 1. The van der Waals surface area contributed by atoms with Crippen LogP contribution in [0.1, 0.15) is 12.8 Å². The third-order valence-electron chi connectivity index (χ3n) is 5.87. The predicted octanol–water partition coefficient (Wildman–Crippen LogP) is 2.62. The topological polar surface area (TPSA) is 85.8 Å². The maximum Gasteiger partial charge on any atom is 0.274 e. The number of nitrogens with one attached hydrogen (secondary N) is 1. The fourth-order valence-corrected chi connectivity index (χ4v) is 4.75. The molecule has 8 nitrogen and oxygen atoms in total. The van der Waals surface area contributed by atoms with Crippen molar-refractivity contribution in [2.45, 2.75) is 23.8 Å². The van der Waals surface area contributed by atoms with Gasteiger partial charge < -0.3 is 20.0 Å². The molecule has 0 saturated carbocycles. The number of amides is 1. The predicted molar refractivity (Wildman–Crippen MR) is 123 cm³/mol. The lowest BCUT2D eigenvalue weighted by Gasteiger charge is -2.43. The Balaban J connectivity index is 1.70. The summed E-state index contributed by atoms with van der Waals surface area (Å²) in [5.41, 5.74) is 1.78. The smallest absolute Gasteiger partial charge is 0.274 e. The molecule has 3 heterocycles. The average molecular weight is 442 g/mol. The first-order valence-electron chi connectivity index (χ1n) is 10.2. The van der Waals surface area contributed by atoms with Gasteiger partial charge in [-0.2, -0.15) is 0 Å². The summed E-state index contributed by atoms with van der Waals surface area (Å²) in [6.07, 6.45) is 3.02. The van der Waals surface area contributed by atoms with Crippen LogP contribution < -0.4 is 15.1 Å². The number of aromatic nitrogens is 1. The number of anilines is 4. The quantitative estimate of drug-likeness (QED) is 0.730. The highest BCUT2D eigenvalue weighted by Crippen LogP contribution is 2.39. The Labute approximate surface area is 183 Å². The molecule has 0 bridgehead atoms. The molecular formula is C22H27N5O3S. The lowest BCUT2D eigenvalue weighted by Crippen LogP contribution is -2.50. The second-order valence-corrected chi connectivity index (χ2v) is 10.2. The zero-order valence-corrected chi connectivity index (χ0v) is 18.8. The van der Waals surface area contributed by atoms with Crippen molar-refractivity contribution < 1.29 is 13.2 Å². The van der Waals surface area contributed by atoms with Crippen LogP contribution >= 0.6 is 0 Å². The van der Waals surface area contributed by atoms with Crippen molar-refractivity contribution in [3.63, 3.8) is 0 Å². The van der Waals surface area contributed by atoms with Crippen LogP contribution in [-0.4, -0.2) is 63.7 Å². The number of benzene rings is 1. The Kier molecular flexibility index (Phi) is 5.49. The number of fused-ring (bicyclic) bond motifs is 1. The lowest BCUT2D eigenvalue weighted by molar-refractivity contribution is -0.115. The molecule has 1 amide bonds. The molecule has 9 heteroatoms. The Morgan fingerprint density at radius 2 is 1.84 bits per heavy atom. The van der Waals surface area contributed by atoms with Gasteiger partial charge in [0.2, 0.25) is 0 Å². The minimum Gasteiger partial charge on any atom is -0.340 e. The van der Waals surface area contributed by atoms with Gasteiger partial charge in [-0.3, -0.25) is 4.79 Å². The SMILES string of the molecule is C=C1C(=O)N(C)c2ccc(Nc3cccc(S(C)(=O)=O)c3)nc2N1C1CCN(C)CC1. The molecule has 1 fully saturated rings. The number of piperidine rings is 1. The highest BCUT2D eigenvalue weighted by atomic mass is 32.2. The molecule has 31 heavy (non-hydrogen) atoms. The molecule has 164 valence electrons. The van der Waals surface area contributed by atoms with Gasteiger partial charge in [-0.25, -0.2) is 13.4 Å². The normalized spacial score (nSPS) is 18.3. The van der Waals surface area contributed by atoms with Gasteiger partial charge >= 0.3 is 0 Å². The fraction of sp³-hybridized carbons (Fsp3) is 0.364. The van der Waals surface area contributed by atoms with Gasteiger partial charge in [0.15, 0.2) is 15.7 Å². The largest absolute Gasteiger partial charge is 0.340 e. The van der Waals surface area contributed by atoms with E-state index in [1.165, 1.54) is 6.26 Å². The van der Waals surface area contributed by atoms with E-state index in [1.54, 1.807) is 42.3 Å². The zero-order valence-electron chi connectivity index (χ0n) is 18.0. The molecule has 1 aromatic heterocycles. The van der Waals surface area contributed by atoms with Gasteiger partial charge in [0.25, 0.3) is 5.91 Å². The van der Waals surface area contributed by atoms with Gasteiger partial charge in [-0.15, -0.1) is 0 Å². The highest BCUT2D eigenvalue weighted by Gasteiger charge is 2.37. The summed E-state index contributed by atoms with van der Waals surface area (Å²) < 4.78 is 23.7. The monoisotopic (exact) mass is 441 g/mol. The number of hydrogen-bond acceptors (Lipinski definition) is 7. The van der Waals surface area contributed by atoms with Crippen molar-refractivity contribution in [3.8, 4) is 0 Å². The van der Waals surface area contributed by atoms with Crippen LogP contribution in [0.3, 0.4) is 0 Å². The third-order valence-corrected chi connectivity index (χ3v) is 6.98. The second-order valence-electron chi connectivity index (χ2n) is 8.18. The highest BCUT2D eigenvalue weighted by molar-refractivity contribution is 7.90. The first-order valence-corrected chi connectivity index (χ1v) is 12.1. The summed E-state index contributed by atoms with van der Waals surface area (Å²) in [5.74, 6) is 1.12. The Morgan fingerprint density at radius 1 is 1.13 bits per heavy atom. The van der Waals surface area contributed by atoms with Crippen molar-refractivity contribution in [1.82, 2.24) is 9.88 Å². The molecule has 2 aliphatic heterocycles. The van der Waals surface area contributed by atoms with Crippen LogP contribution in [0.25, 0.3) is 0 Å². The number of rotatable bonds is 4. The first kappa shape index (κ1) is 21.3. The summed E-state index contributed by atoms with van der Waals surface area (Å²) in [6.45, 7) is 5.96. The van der Waals surface area contributed by atoms with E-state index in [-0.39, 0.29) is 16.8 Å². The summed E-state index contributed by atoms with van der Waals surface area (Å²) in [6, 6.07) is 10.4. The molecule has 1 aromatic carbocycles. The van der Waals surface area contributed by atoms with Crippen LogP contribution in [0.15, 0.2) is 53.6 Å². The summed E-state index contributed by atoms with van der Waals surface area (Å²) in [4.78, 5) is 23.7. The number of pyridine rings is 1. The van der Waals surface area contributed by atoms with E-state index in [0.29, 0.717) is 23.0 Å². The number of likely N-dealkylation sites (N-methyl/N-ethyl adjacent to an activating group) is 1. The van der Waals surface area contributed by atoms with Crippen LogP contribution in [0.2, 0.25) is 0 Å². The Morgan fingerprint density at radius 3 is 2.52 bits per heavy atom. The van der Waals surface area contributed by atoms with Gasteiger partial charge in [0, 0.05) is 25.0 Å². The molecule has 0 radical (unpaired) electrons. The molecule has 0 spiro atoms. The van der Waals surface area contributed by atoms with E-state index >= 15 is 0 Å². The van der Waals surface area contributed by atoms with E-state index in [9.17, 15) is 13.2 Å². The van der Waals surface area contributed by atoms with E-state index in [0.717, 1.165) is 31.6 Å². The lowest BCUT2D eigenvalue weighted by atomic mass is 10.0. The number of hydrogen-bond donors (Lipinski definition) is 1. The molecular weight excluding hydrogens is 414 g/mol. The molecule has 1 N–H and O–H groups in total. The van der Waals surface area contributed by atoms with Gasteiger partial charge in [-0.05, 0) is 63.3 Å². The fourth-order valence-electron chi connectivity index (χ4n) is 4.08. The molecule has 0 atom stereocenters. The molecule has 2 aromatic rings. The summed E-state index contributed by atoms with van der Waals surface area (Å²) >= 11 is 0. The van der Waals surface area contributed by atoms with E-state index in [2.05, 4.69) is 23.8 Å². The minimum atomic E-state index is -3.31. The molecule has 1 saturated heterocycles. The van der Waals surface area contributed by atoms with Crippen LogP contribution in [-0.2, 0) is 14.6 Å². The number of nitrogens with zero attached hydrogens (tertiary/aromatic N) is 4. The molecule has 0 unspecified atom stereocenters.